The van der Waals surface area contributed by atoms with Crippen molar-refractivity contribution in [3.05, 3.63) is 65.2 Å². The number of hydrogen-bond acceptors (Lipinski definition) is 2. The van der Waals surface area contributed by atoms with Gasteiger partial charge in [0.05, 0.1) is 0 Å². The fraction of sp³-hybridized carbons (Fsp3) is 0.381. The fourth-order valence-electron chi connectivity index (χ4n) is 3.39. The number of fused-ring (bicyclic) bond motifs is 1. The molecule has 3 rings (SSSR count). The number of anilines is 1. The minimum atomic E-state index is -0.0115. The molecule has 25 heavy (non-hydrogen) atoms. The van der Waals surface area contributed by atoms with Gasteiger partial charge in [0.2, 0.25) is 0 Å². The van der Waals surface area contributed by atoms with E-state index in [1.165, 1.54) is 16.7 Å². The fourth-order valence-corrected chi connectivity index (χ4v) is 3.39. The number of benzene rings is 2. The summed E-state index contributed by atoms with van der Waals surface area (Å²) in [6.45, 7) is 8.66. The van der Waals surface area contributed by atoms with Crippen LogP contribution in [-0.4, -0.2) is 30.6 Å². The number of rotatable bonds is 6. The highest BCUT2D eigenvalue weighted by Gasteiger charge is 2.23. The molecule has 2 aromatic carbocycles. The minimum Gasteiger partial charge on any atom is -0.334 e. The highest BCUT2D eigenvalue weighted by molar-refractivity contribution is 5.94. The van der Waals surface area contributed by atoms with Crippen LogP contribution >= 0.6 is 0 Å². The molecule has 0 atom stereocenters. The summed E-state index contributed by atoms with van der Waals surface area (Å²) in [5, 5.41) is 3.10. The van der Waals surface area contributed by atoms with E-state index in [2.05, 4.69) is 48.3 Å². The molecule has 0 aliphatic carbocycles. The van der Waals surface area contributed by atoms with Crippen LogP contribution < -0.4 is 10.2 Å². The molecule has 4 nitrogen and oxygen atoms in total. The van der Waals surface area contributed by atoms with E-state index in [0.717, 1.165) is 38.3 Å². The maximum absolute atomic E-state index is 12.6. The smallest absolute Gasteiger partial charge is 0.322 e. The summed E-state index contributed by atoms with van der Waals surface area (Å²) in [6, 6.07) is 16.5. The van der Waals surface area contributed by atoms with Gasteiger partial charge in [0, 0.05) is 25.3 Å². The first-order chi connectivity index (χ1) is 12.2. The first kappa shape index (κ1) is 17.5. The summed E-state index contributed by atoms with van der Waals surface area (Å²) in [7, 11) is 0. The molecule has 0 bridgehead atoms. The van der Waals surface area contributed by atoms with Gasteiger partial charge in [-0.05, 0) is 42.3 Å². The Hall–Kier alpha value is -2.33. The van der Waals surface area contributed by atoms with E-state index < -0.39 is 0 Å². The molecule has 1 heterocycles. The summed E-state index contributed by atoms with van der Waals surface area (Å²) in [6.07, 6.45) is 0.933. The van der Waals surface area contributed by atoms with Crippen LogP contribution in [0.25, 0.3) is 0 Å². The van der Waals surface area contributed by atoms with Gasteiger partial charge in [-0.15, -0.1) is 0 Å². The summed E-state index contributed by atoms with van der Waals surface area (Å²) in [4.78, 5) is 16.9. The third-order valence-electron chi connectivity index (χ3n) is 4.97. The molecule has 0 radical (unpaired) electrons. The van der Waals surface area contributed by atoms with E-state index in [1.54, 1.807) is 0 Å². The van der Waals surface area contributed by atoms with Crippen molar-refractivity contribution < 1.29 is 4.79 Å². The van der Waals surface area contributed by atoms with Gasteiger partial charge in [-0.3, -0.25) is 9.80 Å². The van der Waals surface area contributed by atoms with Crippen LogP contribution in [0.15, 0.2) is 48.5 Å². The topological polar surface area (TPSA) is 35.6 Å². The molecule has 1 aliphatic rings. The van der Waals surface area contributed by atoms with Crippen molar-refractivity contribution in [2.75, 3.05) is 24.5 Å². The number of amides is 2. The second-order valence-corrected chi connectivity index (χ2v) is 6.42. The molecule has 0 saturated heterocycles. The molecule has 0 unspecified atom stereocenters. The lowest BCUT2D eigenvalue weighted by Gasteiger charge is -2.21. The monoisotopic (exact) mass is 337 g/mol. The maximum atomic E-state index is 12.6. The van der Waals surface area contributed by atoms with Crippen LogP contribution in [0.5, 0.6) is 0 Å². The molecule has 0 spiro atoms. The lowest BCUT2D eigenvalue weighted by atomic mass is 10.1. The Morgan fingerprint density at radius 2 is 1.72 bits per heavy atom. The third-order valence-corrected chi connectivity index (χ3v) is 4.97. The van der Waals surface area contributed by atoms with Crippen LogP contribution in [0, 0.1) is 0 Å². The van der Waals surface area contributed by atoms with Crippen LogP contribution in [0.4, 0.5) is 10.5 Å². The molecule has 2 amide bonds. The Morgan fingerprint density at radius 1 is 1.04 bits per heavy atom. The number of nitrogens with one attached hydrogen (secondary N) is 1. The number of carbonyl (C=O) groups excluding carboxylic acids is 1. The molecule has 2 aromatic rings. The summed E-state index contributed by atoms with van der Waals surface area (Å²) >= 11 is 0. The molecule has 1 N–H and O–H groups in total. The van der Waals surface area contributed by atoms with E-state index in [9.17, 15) is 4.79 Å². The van der Waals surface area contributed by atoms with Crippen molar-refractivity contribution >= 4 is 11.7 Å². The van der Waals surface area contributed by atoms with Crippen molar-refractivity contribution in [1.82, 2.24) is 10.2 Å². The Morgan fingerprint density at radius 3 is 2.48 bits per heavy atom. The maximum Gasteiger partial charge on any atom is 0.322 e. The van der Waals surface area contributed by atoms with Crippen LogP contribution in [0.2, 0.25) is 0 Å². The number of hydrogen-bond donors (Lipinski definition) is 1. The van der Waals surface area contributed by atoms with Gasteiger partial charge < -0.3 is 5.32 Å². The van der Waals surface area contributed by atoms with Gasteiger partial charge in [0.1, 0.15) is 0 Å². The van der Waals surface area contributed by atoms with Gasteiger partial charge >= 0.3 is 6.03 Å². The zero-order valence-electron chi connectivity index (χ0n) is 15.2. The van der Waals surface area contributed by atoms with Crippen molar-refractivity contribution in [2.24, 2.45) is 0 Å². The van der Waals surface area contributed by atoms with Gasteiger partial charge in [-0.2, -0.15) is 0 Å². The predicted octanol–water partition coefficient (Wildman–Crippen LogP) is 3.80. The normalized spacial score (nSPS) is 13.2. The highest BCUT2D eigenvalue weighted by atomic mass is 16.2. The molecular weight excluding hydrogens is 310 g/mol. The number of urea groups is 1. The molecule has 0 fully saturated rings. The average Bonchev–Trinajstić information content (AvgIpc) is 3.09. The van der Waals surface area contributed by atoms with Gasteiger partial charge in [-0.25, -0.2) is 4.79 Å². The van der Waals surface area contributed by atoms with E-state index in [4.69, 9.17) is 0 Å². The quantitative estimate of drug-likeness (QED) is 0.870. The van der Waals surface area contributed by atoms with Gasteiger partial charge in [0.25, 0.3) is 0 Å². The summed E-state index contributed by atoms with van der Waals surface area (Å²) in [5.41, 5.74) is 4.76. The molecule has 4 heteroatoms. The predicted molar refractivity (Wildman–Crippen MR) is 103 cm³/mol. The highest BCUT2D eigenvalue weighted by Crippen LogP contribution is 2.27. The summed E-state index contributed by atoms with van der Waals surface area (Å²) < 4.78 is 0. The zero-order chi connectivity index (χ0) is 17.6. The Labute approximate surface area is 150 Å². The Balaban J connectivity index is 1.65. The van der Waals surface area contributed by atoms with E-state index >= 15 is 0 Å². The average molecular weight is 337 g/mol. The minimum absolute atomic E-state index is 0.0115. The van der Waals surface area contributed by atoms with E-state index in [-0.39, 0.29) is 6.03 Å². The van der Waals surface area contributed by atoms with Crippen molar-refractivity contribution in [2.45, 2.75) is 33.4 Å². The number of nitrogens with zero attached hydrogens (tertiary/aromatic N) is 2. The van der Waals surface area contributed by atoms with Crippen molar-refractivity contribution in [3.8, 4) is 0 Å². The van der Waals surface area contributed by atoms with Crippen molar-refractivity contribution in [1.29, 1.82) is 0 Å². The van der Waals surface area contributed by atoms with E-state index in [1.807, 2.05) is 29.2 Å². The largest absolute Gasteiger partial charge is 0.334 e. The molecule has 1 aliphatic heterocycles. The SMILES string of the molecule is CCN(CC)Cc1ccccc1CNC(=O)N1CCc2ccccc21. The molecular formula is C21H27N3O. The second-order valence-electron chi connectivity index (χ2n) is 6.42. The first-order valence-corrected chi connectivity index (χ1v) is 9.15. The van der Waals surface area contributed by atoms with Crippen LogP contribution in [0.1, 0.15) is 30.5 Å². The Kier molecular flexibility index (Phi) is 5.71. The first-order valence-electron chi connectivity index (χ1n) is 9.15. The number of para-hydroxylation sites is 1. The molecule has 132 valence electrons. The van der Waals surface area contributed by atoms with Gasteiger partial charge in [0.15, 0.2) is 0 Å². The summed E-state index contributed by atoms with van der Waals surface area (Å²) in [5.74, 6) is 0. The lowest BCUT2D eigenvalue weighted by Crippen LogP contribution is -2.38. The van der Waals surface area contributed by atoms with Gasteiger partial charge in [-0.1, -0.05) is 56.3 Å². The number of carbonyl (C=O) groups is 1. The standard InChI is InChI=1S/C21H27N3O/c1-3-23(4-2)16-19-11-6-5-10-18(19)15-22-21(25)24-14-13-17-9-7-8-12-20(17)24/h5-12H,3-4,13-16H2,1-2H3,(H,22,25). The van der Waals surface area contributed by atoms with E-state index in [0.29, 0.717) is 6.54 Å². The Bertz CT molecular complexity index is 725. The zero-order valence-corrected chi connectivity index (χ0v) is 15.2. The van der Waals surface area contributed by atoms with Crippen LogP contribution in [-0.2, 0) is 19.5 Å². The lowest BCUT2D eigenvalue weighted by molar-refractivity contribution is 0.246. The van der Waals surface area contributed by atoms with Crippen LogP contribution in [0.3, 0.4) is 0 Å². The molecule has 0 aromatic heterocycles. The second kappa shape index (κ2) is 8.17. The molecule has 0 saturated carbocycles. The third kappa shape index (κ3) is 4.02. The van der Waals surface area contributed by atoms with Crippen molar-refractivity contribution in [3.63, 3.8) is 0 Å².